The summed E-state index contributed by atoms with van der Waals surface area (Å²) in [6.45, 7) is 11.9. The van der Waals surface area contributed by atoms with Gasteiger partial charge >= 0.3 is 0 Å². The second-order valence-electron chi connectivity index (χ2n) is 6.81. The number of carbonyl (C=O) groups is 1. The maximum Gasteiger partial charge on any atom is 0.253 e. The minimum atomic E-state index is 0. The first-order chi connectivity index (χ1) is 12.1. The van der Waals surface area contributed by atoms with Gasteiger partial charge in [0.05, 0.1) is 5.56 Å². The van der Waals surface area contributed by atoms with E-state index in [4.69, 9.17) is 0 Å². The molecule has 0 radical (unpaired) electrons. The van der Waals surface area contributed by atoms with Crippen LogP contribution in [0, 0.1) is 20.8 Å². The molecule has 1 saturated heterocycles. The topological polar surface area (TPSA) is 49.3 Å². The van der Waals surface area contributed by atoms with Crippen LogP contribution in [0.2, 0.25) is 0 Å². The molecule has 6 heteroatoms. The average molecular weight is 377 g/mol. The first-order valence-electron chi connectivity index (χ1n) is 9.03. The molecule has 2 heterocycles. The smallest absolute Gasteiger partial charge is 0.253 e. The molecule has 5 nitrogen and oxygen atoms in total. The lowest BCUT2D eigenvalue weighted by Crippen LogP contribution is -2.46. The third-order valence-corrected chi connectivity index (χ3v) is 4.86. The zero-order valence-corrected chi connectivity index (χ0v) is 16.7. The predicted octanol–water partition coefficient (Wildman–Crippen LogP) is 2.46. The third-order valence-electron chi connectivity index (χ3n) is 4.86. The molecule has 1 aliphatic heterocycles. The van der Waals surface area contributed by atoms with Crippen molar-refractivity contribution in [2.24, 2.45) is 0 Å². The number of benzene rings is 1. The molecule has 2 N–H and O–H groups in total. The quantitative estimate of drug-likeness (QED) is 0.842. The Morgan fingerprint density at radius 1 is 1.15 bits per heavy atom. The van der Waals surface area contributed by atoms with Crippen LogP contribution in [0.25, 0.3) is 5.69 Å². The molecule has 0 unspecified atom stereocenters. The number of hydrogen-bond acceptors (Lipinski definition) is 3. The Kier molecular flexibility index (Phi) is 7.26. The summed E-state index contributed by atoms with van der Waals surface area (Å²) in [4.78, 5) is 15.0. The van der Waals surface area contributed by atoms with E-state index in [2.05, 4.69) is 51.3 Å². The first kappa shape index (κ1) is 20.5. The van der Waals surface area contributed by atoms with Gasteiger partial charge < -0.3 is 15.2 Å². The highest BCUT2D eigenvalue weighted by Gasteiger charge is 2.17. The molecule has 142 valence electrons. The number of nitrogens with one attached hydrogen (secondary N) is 2. The van der Waals surface area contributed by atoms with E-state index in [1.807, 2.05) is 19.9 Å². The molecule has 0 atom stereocenters. The van der Waals surface area contributed by atoms with E-state index >= 15 is 0 Å². The van der Waals surface area contributed by atoms with Crippen molar-refractivity contribution in [2.75, 3.05) is 39.3 Å². The van der Waals surface area contributed by atoms with Gasteiger partial charge in [0.2, 0.25) is 0 Å². The number of halogens is 1. The summed E-state index contributed by atoms with van der Waals surface area (Å²) in [5.74, 6) is 0.0159. The molecule has 0 saturated carbocycles. The number of aryl methyl sites for hydroxylation is 2. The van der Waals surface area contributed by atoms with Crippen LogP contribution < -0.4 is 10.6 Å². The zero-order chi connectivity index (χ0) is 17.8. The van der Waals surface area contributed by atoms with Crippen molar-refractivity contribution in [1.29, 1.82) is 0 Å². The molecule has 3 rings (SSSR count). The van der Waals surface area contributed by atoms with Crippen molar-refractivity contribution in [1.82, 2.24) is 20.1 Å². The number of aromatic nitrogens is 1. The number of nitrogens with zero attached hydrogens (tertiary/aromatic N) is 2. The van der Waals surface area contributed by atoms with Crippen LogP contribution in [-0.4, -0.2) is 54.6 Å². The van der Waals surface area contributed by atoms with Crippen LogP contribution in [0.1, 0.15) is 27.3 Å². The fraction of sp³-hybridized carbons (Fsp3) is 0.450. The zero-order valence-electron chi connectivity index (χ0n) is 15.8. The predicted molar refractivity (Wildman–Crippen MR) is 109 cm³/mol. The minimum Gasteiger partial charge on any atom is -0.351 e. The molecule has 0 bridgehead atoms. The Hall–Kier alpha value is -1.82. The Morgan fingerprint density at radius 3 is 2.58 bits per heavy atom. The van der Waals surface area contributed by atoms with Crippen molar-refractivity contribution in [3.05, 3.63) is 52.8 Å². The van der Waals surface area contributed by atoms with Gasteiger partial charge in [-0.3, -0.25) is 9.69 Å². The van der Waals surface area contributed by atoms with E-state index in [0.717, 1.165) is 55.4 Å². The average Bonchev–Trinajstić information content (AvgIpc) is 2.90. The highest BCUT2D eigenvalue weighted by atomic mass is 35.5. The fourth-order valence-electron chi connectivity index (χ4n) is 3.51. The van der Waals surface area contributed by atoms with Crippen LogP contribution in [0.5, 0.6) is 0 Å². The number of carbonyl (C=O) groups excluding carboxylic acids is 1. The molecular weight excluding hydrogens is 348 g/mol. The summed E-state index contributed by atoms with van der Waals surface area (Å²) < 4.78 is 2.15. The summed E-state index contributed by atoms with van der Waals surface area (Å²) in [6, 6.07) is 10.3. The van der Waals surface area contributed by atoms with Gasteiger partial charge in [0.1, 0.15) is 0 Å². The molecule has 0 spiro atoms. The standard InChI is InChI=1S/C20H28N4O.ClH/c1-15-5-4-6-18(13-15)24-16(2)14-19(17(24)3)20(25)22-9-12-23-10-7-21-8-11-23;/h4-6,13-14,21H,7-12H2,1-3H3,(H,22,25);1H. The molecule has 1 aromatic carbocycles. The van der Waals surface area contributed by atoms with E-state index in [1.165, 1.54) is 5.56 Å². The van der Waals surface area contributed by atoms with Crippen LogP contribution in [0.3, 0.4) is 0 Å². The monoisotopic (exact) mass is 376 g/mol. The van der Waals surface area contributed by atoms with Gasteiger partial charge in [-0.1, -0.05) is 12.1 Å². The Labute approximate surface area is 162 Å². The lowest BCUT2D eigenvalue weighted by Gasteiger charge is -2.27. The van der Waals surface area contributed by atoms with Crippen molar-refractivity contribution in [3.63, 3.8) is 0 Å². The van der Waals surface area contributed by atoms with Crippen LogP contribution >= 0.6 is 12.4 Å². The van der Waals surface area contributed by atoms with E-state index in [1.54, 1.807) is 0 Å². The third kappa shape index (κ3) is 4.67. The molecule has 0 aliphatic carbocycles. The summed E-state index contributed by atoms with van der Waals surface area (Å²) in [7, 11) is 0. The summed E-state index contributed by atoms with van der Waals surface area (Å²) in [6.07, 6.45) is 0. The van der Waals surface area contributed by atoms with Crippen LogP contribution in [0.15, 0.2) is 30.3 Å². The number of amides is 1. The SMILES string of the molecule is Cc1cccc(-n2c(C)cc(C(=O)NCCN3CCNCC3)c2C)c1.Cl. The molecular formula is C20H29ClN4O. The molecule has 1 aromatic heterocycles. The highest BCUT2D eigenvalue weighted by Crippen LogP contribution is 2.21. The summed E-state index contributed by atoms with van der Waals surface area (Å²) >= 11 is 0. The summed E-state index contributed by atoms with van der Waals surface area (Å²) in [5.41, 5.74) is 5.15. The second kappa shape index (κ2) is 9.21. The lowest BCUT2D eigenvalue weighted by molar-refractivity contribution is 0.0946. The van der Waals surface area contributed by atoms with Crippen LogP contribution in [0.4, 0.5) is 0 Å². The second-order valence-corrected chi connectivity index (χ2v) is 6.81. The Morgan fingerprint density at radius 2 is 1.88 bits per heavy atom. The normalized spacial score (nSPS) is 14.7. The van der Waals surface area contributed by atoms with Gasteiger partial charge in [-0.15, -0.1) is 12.4 Å². The van der Waals surface area contributed by atoms with E-state index in [9.17, 15) is 4.79 Å². The Balaban J connectivity index is 0.00000243. The lowest BCUT2D eigenvalue weighted by atomic mass is 10.2. The van der Waals surface area contributed by atoms with Crippen molar-refractivity contribution < 1.29 is 4.79 Å². The highest BCUT2D eigenvalue weighted by molar-refractivity contribution is 5.95. The fourth-order valence-corrected chi connectivity index (χ4v) is 3.51. The summed E-state index contributed by atoms with van der Waals surface area (Å²) in [5, 5.41) is 6.42. The van der Waals surface area contributed by atoms with E-state index in [-0.39, 0.29) is 18.3 Å². The number of hydrogen-bond donors (Lipinski definition) is 2. The molecule has 1 aliphatic rings. The Bertz CT molecular complexity index is 750. The first-order valence-corrected chi connectivity index (χ1v) is 9.03. The van der Waals surface area contributed by atoms with Crippen molar-refractivity contribution in [3.8, 4) is 5.69 Å². The van der Waals surface area contributed by atoms with Crippen LogP contribution in [-0.2, 0) is 0 Å². The molecule has 2 aromatic rings. The van der Waals surface area contributed by atoms with Gasteiger partial charge in [-0.05, 0) is 44.5 Å². The molecule has 1 fully saturated rings. The van der Waals surface area contributed by atoms with E-state index < -0.39 is 0 Å². The van der Waals surface area contributed by atoms with Gasteiger partial charge in [-0.25, -0.2) is 0 Å². The maximum absolute atomic E-state index is 12.6. The maximum atomic E-state index is 12.6. The van der Waals surface area contributed by atoms with Gasteiger partial charge in [0, 0.05) is 56.3 Å². The number of rotatable bonds is 5. The minimum absolute atomic E-state index is 0. The van der Waals surface area contributed by atoms with Crippen molar-refractivity contribution >= 4 is 18.3 Å². The molecule has 26 heavy (non-hydrogen) atoms. The van der Waals surface area contributed by atoms with Gasteiger partial charge in [0.15, 0.2) is 0 Å². The molecule has 1 amide bonds. The van der Waals surface area contributed by atoms with Crippen molar-refractivity contribution in [2.45, 2.75) is 20.8 Å². The number of piperazine rings is 1. The van der Waals surface area contributed by atoms with Gasteiger partial charge in [-0.2, -0.15) is 0 Å². The van der Waals surface area contributed by atoms with E-state index in [0.29, 0.717) is 6.54 Å². The van der Waals surface area contributed by atoms with Gasteiger partial charge in [0.25, 0.3) is 5.91 Å². The largest absolute Gasteiger partial charge is 0.351 e.